The largest absolute Gasteiger partial charge is 0.460 e. The van der Waals surface area contributed by atoms with Crippen LogP contribution in [-0.2, 0) is 23.7 Å². The van der Waals surface area contributed by atoms with Crippen molar-refractivity contribution in [1.29, 1.82) is 0 Å². The molecule has 96 valence electrons. The molecule has 17 heavy (non-hydrogen) atoms. The number of carbonyl (C=O) groups excluding carboxylic acids is 1. The van der Waals surface area contributed by atoms with Crippen molar-refractivity contribution in [2.24, 2.45) is 0 Å². The minimum Gasteiger partial charge on any atom is -0.460 e. The molecule has 0 bridgehead atoms. The van der Waals surface area contributed by atoms with Crippen molar-refractivity contribution in [2.75, 3.05) is 46.2 Å². The second-order valence-electron chi connectivity index (χ2n) is 2.85. The molecular weight excluding hydrogens is 224 g/mol. The minimum atomic E-state index is -0.449. The molecule has 0 saturated carbocycles. The molecular formula is C12H18O5. The maximum absolute atomic E-state index is 10.6. The fraction of sp³-hybridized carbons (Fsp3) is 0.583. The fourth-order valence-electron chi connectivity index (χ4n) is 0.831. The molecule has 0 atom stereocenters. The summed E-state index contributed by atoms with van der Waals surface area (Å²) in [5.41, 5.74) is 0. The summed E-state index contributed by atoms with van der Waals surface area (Å²) in [4.78, 5) is 10.6. The number of esters is 1. The van der Waals surface area contributed by atoms with Gasteiger partial charge in [-0.2, -0.15) is 0 Å². The van der Waals surface area contributed by atoms with Crippen molar-refractivity contribution < 1.29 is 23.7 Å². The molecule has 0 aliphatic rings. The third-order valence-electron chi connectivity index (χ3n) is 1.57. The van der Waals surface area contributed by atoms with Crippen molar-refractivity contribution in [3.63, 3.8) is 0 Å². The lowest BCUT2D eigenvalue weighted by atomic mass is 10.6. The highest BCUT2D eigenvalue weighted by molar-refractivity contribution is 5.81. The average molecular weight is 242 g/mol. The third-order valence-corrected chi connectivity index (χ3v) is 1.57. The summed E-state index contributed by atoms with van der Waals surface area (Å²) in [6.45, 7) is 6.00. The van der Waals surface area contributed by atoms with Crippen molar-refractivity contribution >= 4 is 5.97 Å². The first kappa shape index (κ1) is 15.7. The Bertz CT molecular complexity index is 244. The quantitative estimate of drug-likeness (QED) is 0.227. The van der Waals surface area contributed by atoms with Crippen molar-refractivity contribution in [1.82, 2.24) is 0 Å². The number of hydrogen-bond acceptors (Lipinski definition) is 5. The predicted molar refractivity (Wildman–Crippen MR) is 62.4 cm³/mol. The Labute approximate surface area is 102 Å². The molecule has 0 spiro atoms. The first-order valence-electron chi connectivity index (χ1n) is 5.27. The van der Waals surface area contributed by atoms with Gasteiger partial charge in [0, 0.05) is 6.08 Å². The summed E-state index contributed by atoms with van der Waals surface area (Å²) < 4.78 is 20.0. The van der Waals surface area contributed by atoms with Gasteiger partial charge in [0.25, 0.3) is 0 Å². The molecule has 0 heterocycles. The molecule has 0 rings (SSSR count). The average Bonchev–Trinajstić information content (AvgIpc) is 2.35. The Morgan fingerprint density at radius 3 is 2.12 bits per heavy atom. The molecule has 0 saturated heterocycles. The maximum Gasteiger partial charge on any atom is 0.330 e. The van der Waals surface area contributed by atoms with Gasteiger partial charge in [0.15, 0.2) is 0 Å². The van der Waals surface area contributed by atoms with Crippen molar-refractivity contribution in [3.05, 3.63) is 12.7 Å². The van der Waals surface area contributed by atoms with Crippen LogP contribution in [-0.4, -0.2) is 52.2 Å². The van der Waals surface area contributed by atoms with E-state index in [1.165, 1.54) is 0 Å². The van der Waals surface area contributed by atoms with Crippen LogP contribution in [0.4, 0.5) is 0 Å². The fourth-order valence-corrected chi connectivity index (χ4v) is 0.831. The van der Waals surface area contributed by atoms with Gasteiger partial charge in [-0.25, -0.2) is 4.79 Å². The monoisotopic (exact) mass is 242 g/mol. The van der Waals surface area contributed by atoms with E-state index >= 15 is 0 Å². The normalized spacial score (nSPS) is 9.59. The lowest BCUT2D eigenvalue weighted by molar-refractivity contribution is -0.139. The van der Waals surface area contributed by atoms with E-state index in [0.717, 1.165) is 6.08 Å². The molecule has 0 aromatic carbocycles. The van der Waals surface area contributed by atoms with E-state index in [9.17, 15) is 4.79 Å². The topological polar surface area (TPSA) is 54.0 Å². The molecule has 0 aromatic heterocycles. The van der Waals surface area contributed by atoms with E-state index in [1.807, 2.05) is 0 Å². The lowest BCUT2D eigenvalue weighted by Gasteiger charge is -2.05. The zero-order valence-electron chi connectivity index (χ0n) is 9.85. The SMILES string of the molecule is C#CCOCCOCCOCCOC(=O)C=C. The summed E-state index contributed by atoms with van der Waals surface area (Å²) in [5.74, 6) is 1.91. The summed E-state index contributed by atoms with van der Waals surface area (Å²) in [6.07, 6.45) is 6.10. The second-order valence-corrected chi connectivity index (χ2v) is 2.85. The molecule has 5 heteroatoms. The Hall–Kier alpha value is -1.35. The Kier molecular flexibility index (Phi) is 11.7. The zero-order chi connectivity index (χ0) is 12.8. The summed E-state index contributed by atoms with van der Waals surface area (Å²) in [6, 6.07) is 0. The van der Waals surface area contributed by atoms with Gasteiger partial charge in [-0.05, 0) is 0 Å². The Morgan fingerprint density at radius 1 is 1.06 bits per heavy atom. The van der Waals surface area contributed by atoms with Crippen LogP contribution in [0.3, 0.4) is 0 Å². The van der Waals surface area contributed by atoms with Gasteiger partial charge < -0.3 is 18.9 Å². The Morgan fingerprint density at radius 2 is 1.59 bits per heavy atom. The van der Waals surface area contributed by atoms with Gasteiger partial charge >= 0.3 is 5.97 Å². The number of rotatable bonds is 11. The highest BCUT2D eigenvalue weighted by atomic mass is 16.6. The van der Waals surface area contributed by atoms with Crippen LogP contribution in [0.2, 0.25) is 0 Å². The van der Waals surface area contributed by atoms with Gasteiger partial charge in [-0.15, -0.1) is 6.42 Å². The van der Waals surface area contributed by atoms with Crippen LogP contribution in [0.1, 0.15) is 0 Å². The Balaban J connectivity index is 3.01. The third kappa shape index (κ3) is 12.6. The highest BCUT2D eigenvalue weighted by Crippen LogP contribution is 1.83. The first-order chi connectivity index (χ1) is 8.31. The highest BCUT2D eigenvalue weighted by Gasteiger charge is 1.95. The summed E-state index contributed by atoms with van der Waals surface area (Å²) in [7, 11) is 0. The molecule has 5 nitrogen and oxygen atoms in total. The van der Waals surface area contributed by atoms with E-state index in [-0.39, 0.29) is 6.61 Å². The number of carbonyl (C=O) groups is 1. The van der Waals surface area contributed by atoms with Crippen LogP contribution in [0, 0.1) is 12.3 Å². The van der Waals surface area contributed by atoms with E-state index in [1.54, 1.807) is 0 Å². The number of hydrogen-bond donors (Lipinski definition) is 0. The second kappa shape index (κ2) is 12.7. The van der Waals surface area contributed by atoms with Gasteiger partial charge in [0.1, 0.15) is 13.2 Å². The molecule has 0 aliphatic carbocycles. The maximum atomic E-state index is 10.6. The molecule has 0 aliphatic heterocycles. The first-order valence-corrected chi connectivity index (χ1v) is 5.27. The summed E-state index contributed by atoms with van der Waals surface area (Å²) >= 11 is 0. The smallest absolute Gasteiger partial charge is 0.330 e. The van der Waals surface area contributed by atoms with Crippen LogP contribution < -0.4 is 0 Å². The van der Waals surface area contributed by atoms with Crippen LogP contribution >= 0.6 is 0 Å². The standard InChI is InChI=1S/C12H18O5/c1-3-5-14-6-7-15-8-9-16-10-11-17-12(13)4-2/h1,4H,2,5-11H2. The van der Waals surface area contributed by atoms with Crippen LogP contribution in [0.5, 0.6) is 0 Å². The minimum absolute atomic E-state index is 0.218. The summed E-state index contributed by atoms with van der Waals surface area (Å²) in [5, 5.41) is 0. The molecule has 0 N–H and O–H groups in total. The van der Waals surface area contributed by atoms with Gasteiger partial charge in [0.2, 0.25) is 0 Å². The van der Waals surface area contributed by atoms with Gasteiger partial charge in [-0.3, -0.25) is 0 Å². The van der Waals surface area contributed by atoms with E-state index in [0.29, 0.717) is 39.6 Å². The van der Waals surface area contributed by atoms with E-state index in [2.05, 4.69) is 12.5 Å². The lowest BCUT2D eigenvalue weighted by Crippen LogP contribution is -2.13. The molecule has 0 aromatic rings. The predicted octanol–water partition coefficient (Wildman–Crippen LogP) is 0.399. The molecule has 0 radical (unpaired) electrons. The van der Waals surface area contributed by atoms with Gasteiger partial charge in [0.05, 0.1) is 33.0 Å². The van der Waals surface area contributed by atoms with Crippen LogP contribution in [0.25, 0.3) is 0 Å². The van der Waals surface area contributed by atoms with E-state index in [4.69, 9.17) is 25.4 Å². The molecule has 0 amide bonds. The number of terminal acetylenes is 1. The van der Waals surface area contributed by atoms with E-state index < -0.39 is 5.97 Å². The molecule has 0 fully saturated rings. The van der Waals surface area contributed by atoms with Crippen molar-refractivity contribution in [2.45, 2.75) is 0 Å². The van der Waals surface area contributed by atoms with Gasteiger partial charge in [-0.1, -0.05) is 12.5 Å². The van der Waals surface area contributed by atoms with Crippen LogP contribution in [0.15, 0.2) is 12.7 Å². The van der Waals surface area contributed by atoms with Crippen molar-refractivity contribution in [3.8, 4) is 12.3 Å². The number of ether oxygens (including phenoxy) is 4. The molecule has 0 unspecified atom stereocenters. The zero-order valence-corrected chi connectivity index (χ0v) is 9.85.